The van der Waals surface area contributed by atoms with Gasteiger partial charge in [0, 0.05) is 32.9 Å². The van der Waals surface area contributed by atoms with Gasteiger partial charge in [-0.2, -0.15) is 0 Å². The maximum absolute atomic E-state index is 11.9. The lowest BCUT2D eigenvalue weighted by atomic mass is 10.1. The summed E-state index contributed by atoms with van der Waals surface area (Å²) in [6.45, 7) is 4.90. The standard InChI is InChI=1S/C14H23N3O.2ClH/c1-14(2,15)13(18)17(4)11-10-16(3)12-8-6-5-7-9-12;;/h5-9H,10-11,15H2,1-4H3;2*1H. The molecule has 1 amide bonds. The number of benzene rings is 1. The van der Waals surface area contributed by atoms with Gasteiger partial charge >= 0.3 is 0 Å². The summed E-state index contributed by atoms with van der Waals surface area (Å²) in [5, 5.41) is 0. The minimum atomic E-state index is -0.805. The Morgan fingerprint density at radius 3 is 2.05 bits per heavy atom. The zero-order valence-corrected chi connectivity index (χ0v) is 14.1. The molecule has 1 aromatic rings. The molecule has 0 atom stereocenters. The van der Waals surface area contributed by atoms with Crippen molar-refractivity contribution < 1.29 is 4.79 Å². The number of amides is 1. The number of nitrogens with two attached hydrogens (primary N) is 1. The number of hydrogen-bond donors (Lipinski definition) is 1. The van der Waals surface area contributed by atoms with Crippen molar-refractivity contribution in [2.24, 2.45) is 5.73 Å². The van der Waals surface area contributed by atoms with Gasteiger partial charge in [-0.05, 0) is 26.0 Å². The topological polar surface area (TPSA) is 49.6 Å². The molecular formula is C14H25Cl2N3O. The Morgan fingerprint density at radius 2 is 1.60 bits per heavy atom. The van der Waals surface area contributed by atoms with E-state index in [9.17, 15) is 4.79 Å². The molecule has 20 heavy (non-hydrogen) atoms. The molecule has 1 aromatic carbocycles. The summed E-state index contributed by atoms with van der Waals surface area (Å²) >= 11 is 0. The van der Waals surface area contributed by atoms with Gasteiger partial charge in [0.2, 0.25) is 5.91 Å². The van der Waals surface area contributed by atoms with Gasteiger partial charge in [-0.15, -0.1) is 24.8 Å². The number of halogens is 2. The smallest absolute Gasteiger partial charge is 0.241 e. The van der Waals surface area contributed by atoms with Crippen molar-refractivity contribution in [3.63, 3.8) is 0 Å². The van der Waals surface area contributed by atoms with Crippen LogP contribution in [0.4, 0.5) is 5.69 Å². The Balaban J connectivity index is 0. The molecular weight excluding hydrogens is 297 g/mol. The fraction of sp³-hybridized carbons (Fsp3) is 0.500. The first-order chi connectivity index (χ1) is 8.32. The van der Waals surface area contributed by atoms with Crippen molar-refractivity contribution in [1.82, 2.24) is 4.90 Å². The molecule has 0 saturated carbocycles. The van der Waals surface area contributed by atoms with Crippen molar-refractivity contribution in [2.75, 3.05) is 32.1 Å². The van der Waals surface area contributed by atoms with Crippen molar-refractivity contribution >= 4 is 36.4 Å². The molecule has 116 valence electrons. The minimum Gasteiger partial charge on any atom is -0.373 e. The molecule has 0 bridgehead atoms. The van der Waals surface area contributed by atoms with Crippen LogP contribution in [0.1, 0.15) is 13.8 Å². The van der Waals surface area contributed by atoms with Crippen LogP contribution in [0.5, 0.6) is 0 Å². The first kappa shape index (κ1) is 21.3. The Bertz CT molecular complexity index is 393. The molecule has 6 heteroatoms. The van der Waals surface area contributed by atoms with Gasteiger partial charge in [-0.25, -0.2) is 0 Å². The van der Waals surface area contributed by atoms with E-state index in [-0.39, 0.29) is 30.7 Å². The number of anilines is 1. The molecule has 0 aliphatic rings. The molecule has 0 spiro atoms. The van der Waals surface area contributed by atoms with Crippen LogP contribution in [0.25, 0.3) is 0 Å². The minimum absolute atomic E-state index is 0. The zero-order valence-electron chi connectivity index (χ0n) is 12.5. The fourth-order valence-corrected chi connectivity index (χ4v) is 1.71. The van der Waals surface area contributed by atoms with E-state index in [0.717, 1.165) is 12.2 Å². The highest BCUT2D eigenvalue weighted by atomic mass is 35.5. The van der Waals surface area contributed by atoms with Gasteiger partial charge in [0.05, 0.1) is 5.54 Å². The van der Waals surface area contributed by atoms with Crippen molar-refractivity contribution in [3.8, 4) is 0 Å². The number of hydrogen-bond acceptors (Lipinski definition) is 3. The highest BCUT2D eigenvalue weighted by molar-refractivity contribution is 5.86. The SMILES string of the molecule is CN(CCN(C)c1ccccc1)C(=O)C(C)(C)N.Cl.Cl. The molecule has 1 rings (SSSR count). The van der Waals surface area contributed by atoms with E-state index in [4.69, 9.17) is 5.73 Å². The Morgan fingerprint density at radius 1 is 1.10 bits per heavy atom. The van der Waals surface area contributed by atoms with Gasteiger partial charge in [-0.3, -0.25) is 4.79 Å². The second kappa shape index (κ2) is 9.06. The molecule has 0 fully saturated rings. The quantitative estimate of drug-likeness (QED) is 0.904. The van der Waals surface area contributed by atoms with Crippen molar-refractivity contribution in [2.45, 2.75) is 19.4 Å². The lowest BCUT2D eigenvalue weighted by molar-refractivity contribution is -0.134. The Kier molecular flexibility index (Phi) is 9.66. The number of likely N-dealkylation sites (N-methyl/N-ethyl adjacent to an activating group) is 2. The van der Waals surface area contributed by atoms with Gasteiger partial charge in [0.25, 0.3) is 0 Å². The van der Waals surface area contributed by atoms with Crippen molar-refractivity contribution in [1.29, 1.82) is 0 Å². The Hall–Kier alpha value is -0.970. The van der Waals surface area contributed by atoms with Crippen LogP contribution in [0, 0.1) is 0 Å². The number of para-hydroxylation sites is 1. The summed E-state index contributed by atoms with van der Waals surface area (Å²) < 4.78 is 0. The summed E-state index contributed by atoms with van der Waals surface area (Å²) in [6.07, 6.45) is 0. The largest absolute Gasteiger partial charge is 0.373 e. The molecule has 0 saturated heterocycles. The van der Waals surface area contributed by atoms with Crippen LogP contribution in [0.3, 0.4) is 0 Å². The van der Waals surface area contributed by atoms with Crippen LogP contribution < -0.4 is 10.6 Å². The van der Waals surface area contributed by atoms with Crippen LogP contribution in [-0.4, -0.2) is 43.5 Å². The van der Waals surface area contributed by atoms with E-state index in [0.29, 0.717) is 6.54 Å². The van der Waals surface area contributed by atoms with Crippen LogP contribution in [0.15, 0.2) is 30.3 Å². The van der Waals surface area contributed by atoms with Crippen LogP contribution in [0.2, 0.25) is 0 Å². The normalized spacial score (nSPS) is 10.1. The third-order valence-electron chi connectivity index (χ3n) is 2.87. The third-order valence-corrected chi connectivity index (χ3v) is 2.87. The van der Waals surface area contributed by atoms with Gasteiger partial charge in [-0.1, -0.05) is 18.2 Å². The lowest BCUT2D eigenvalue weighted by Crippen LogP contribution is -2.51. The molecule has 0 unspecified atom stereocenters. The van der Waals surface area contributed by atoms with Crippen molar-refractivity contribution in [3.05, 3.63) is 30.3 Å². The first-order valence-corrected chi connectivity index (χ1v) is 6.13. The number of nitrogens with zero attached hydrogens (tertiary/aromatic N) is 2. The van der Waals surface area contributed by atoms with E-state index in [1.165, 1.54) is 0 Å². The predicted molar refractivity (Wildman–Crippen MR) is 90.1 cm³/mol. The molecule has 0 heterocycles. The van der Waals surface area contributed by atoms with E-state index in [1.54, 1.807) is 25.8 Å². The highest BCUT2D eigenvalue weighted by Crippen LogP contribution is 2.10. The van der Waals surface area contributed by atoms with E-state index in [1.807, 2.05) is 25.2 Å². The molecule has 0 radical (unpaired) electrons. The Labute approximate surface area is 134 Å². The summed E-state index contributed by atoms with van der Waals surface area (Å²) in [4.78, 5) is 15.7. The van der Waals surface area contributed by atoms with Gasteiger partial charge in [0.15, 0.2) is 0 Å². The summed E-state index contributed by atoms with van der Waals surface area (Å²) in [5.41, 5.74) is 6.13. The van der Waals surface area contributed by atoms with Gasteiger partial charge in [0.1, 0.15) is 0 Å². The maximum Gasteiger partial charge on any atom is 0.241 e. The first-order valence-electron chi connectivity index (χ1n) is 6.13. The summed E-state index contributed by atoms with van der Waals surface area (Å²) in [5.74, 6) is -0.0380. The zero-order chi connectivity index (χ0) is 13.8. The van der Waals surface area contributed by atoms with E-state index < -0.39 is 5.54 Å². The monoisotopic (exact) mass is 321 g/mol. The number of carbonyl (C=O) groups is 1. The fourth-order valence-electron chi connectivity index (χ4n) is 1.71. The molecule has 0 aliphatic carbocycles. The van der Waals surface area contributed by atoms with Crippen LogP contribution in [-0.2, 0) is 4.79 Å². The predicted octanol–water partition coefficient (Wildman–Crippen LogP) is 2.16. The molecule has 2 N–H and O–H groups in total. The molecule has 4 nitrogen and oxygen atoms in total. The molecule has 0 aliphatic heterocycles. The average Bonchev–Trinajstić information content (AvgIpc) is 2.34. The maximum atomic E-state index is 11.9. The summed E-state index contributed by atoms with van der Waals surface area (Å²) in [6, 6.07) is 10.1. The average molecular weight is 322 g/mol. The van der Waals surface area contributed by atoms with E-state index >= 15 is 0 Å². The van der Waals surface area contributed by atoms with Gasteiger partial charge < -0.3 is 15.5 Å². The second-order valence-electron chi connectivity index (χ2n) is 5.21. The second-order valence-corrected chi connectivity index (χ2v) is 5.21. The molecule has 0 aromatic heterocycles. The summed E-state index contributed by atoms with van der Waals surface area (Å²) in [7, 11) is 3.80. The van der Waals surface area contributed by atoms with Crippen LogP contribution >= 0.6 is 24.8 Å². The van der Waals surface area contributed by atoms with E-state index in [2.05, 4.69) is 17.0 Å². The highest BCUT2D eigenvalue weighted by Gasteiger charge is 2.25. The number of rotatable bonds is 5. The third kappa shape index (κ3) is 6.46. The lowest BCUT2D eigenvalue weighted by Gasteiger charge is -2.28. The number of carbonyl (C=O) groups excluding carboxylic acids is 1.